The number of hydrogen-bond acceptors (Lipinski definition) is 1. The van der Waals surface area contributed by atoms with Crippen molar-refractivity contribution in [1.82, 2.24) is 0 Å². The summed E-state index contributed by atoms with van der Waals surface area (Å²) in [4.78, 5) is 0. The first-order valence-electron chi connectivity index (χ1n) is 6.47. The van der Waals surface area contributed by atoms with Crippen LogP contribution in [-0.4, -0.2) is 6.54 Å². The first-order valence-corrected chi connectivity index (χ1v) is 7.26. The van der Waals surface area contributed by atoms with E-state index in [4.69, 9.17) is 5.73 Å². The van der Waals surface area contributed by atoms with Crippen LogP contribution in [0.3, 0.4) is 0 Å². The van der Waals surface area contributed by atoms with Gasteiger partial charge in [-0.1, -0.05) is 34.1 Å². The molecule has 2 aromatic rings. The van der Waals surface area contributed by atoms with Crippen LogP contribution in [0.2, 0.25) is 0 Å². The maximum atomic E-state index is 13.7. The molecular weight excluding hydrogens is 324 g/mol. The molecule has 0 heterocycles. The van der Waals surface area contributed by atoms with Crippen molar-refractivity contribution in [2.24, 2.45) is 11.7 Å². The molecule has 2 aromatic carbocycles. The van der Waals surface area contributed by atoms with Gasteiger partial charge >= 0.3 is 0 Å². The average molecular weight is 340 g/mol. The van der Waals surface area contributed by atoms with Gasteiger partial charge in [0.15, 0.2) is 0 Å². The van der Waals surface area contributed by atoms with Crippen molar-refractivity contribution in [2.45, 2.75) is 12.8 Å². The summed E-state index contributed by atoms with van der Waals surface area (Å²) in [6.45, 7) is 0.465. The molecule has 0 aliphatic carbocycles. The normalized spacial score (nSPS) is 12.4. The van der Waals surface area contributed by atoms with Gasteiger partial charge in [0.1, 0.15) is 11.6 Å². The molecule has 0 spiro atoms. The van der Waals surface area contributed by atoms with Gasteiger partial charge in [-0.05, 0) is 54.6 Å². The van der Waals surface area contributed by atoms with Crippen LogP contribution in [0.25, 0.3) is 0 Å². The van der Waals surface area contributed by atoms with Crippen LogP contribution in [0.5, 0.6) is 0 Å². The SMILES string of the molecule is NCC(Cc1ccc(Br)cc1)Cc1ccc(F)cc1F. The molecule has 106 valence electrons. The van der Waals surface area contributed by atoms with Crippen LogP contribution in [0.15, 0.2) is 46.9 Å². The quantitative estimate of drug-likeness (QED) is 0.872. The minimum absolute atomic E-state index is 0.135. The Hall–Kier alpha value is -1.26. The molecule has 2 N–H and O–H groups in total. The van der Waals surface area contributed by atoms with Crippen LogP contribution in [0, 0.1) is 17.6 Å². The van der Waals surface area contributed by atoms with Crippen molar-refractivity contribution in [3.8, 4) is 0 Å². The Labute approximate surface area is 125 Å². The third-order valence-electron chi connectivity index (χ3n) is 3.29. The molecule has 0 fully saturated rings. The fraction of sp³-hybridized carbons (Fsp3) is 0.250. The first-order chi connectivity index (χ1) is 9.58. The summed E-state index contributed by atoms with van der Waals surface area (Å²) in [5.74, 6) is -0.918. The van der Waals surface area contributed by atoms with E-state index in [1.807, 2.05) is 24.3 Å². The Kier molecular flexibility index (Phi) is 5.26. The topological polar surface area (TPSA) is 26.0 Å². The van der Waals surface area contributed by atoms with Crippen LogP contribution in [-0.2, 0) is 12.8 Å². The molecule has 2 rings (SSSR count). The second-order valence-electron chi connectivity index (χ2n) is 4.87. The van der Waals surface area contributed by atoms with Crippen molar-refractivity contribution in [1.29, 1.82) is 0 Å². The second kappa shape index (κ2) is 6.95. The fourth-order valence-electron chi connectivity index (χ4n) is 2.19. The van der Waals surface area contributed by atoms with Gasteiger partial charge in [0.05, 0.1) is 0 Å². The van der Waals surface area contributed by atoms with Crippen LogP contribution in [0.4, 0.5) is 8.78 Å². The molecule has 4 heteroatoms. The zero-order chi connectivity index (χ0) is 14.5. The van der Waals surface area contributed by atoms with Gasteiger partial charge in [-0.3, -0.25) is 0 Å². The van der Waals surface area contributed by atoms with Crippen molar-refractivity contribution >= 4 is 15.9 Å². The van der Waals surface area contributed by atoms with Crippen molar-refractivity contribution < 1.29 is 8.78 Å². The molecule has 1 atom stereocenters. The highest BCUT2D eigenvalue weighted by Gasteiger charge is 2.12. The maximum absolute atomic E-state index is 13.7. The van der Waals surface area contributed by atoms with Gasteiger partial charge in [0, 0.05) is 10.5 Å². The molecule has 0 aliphatic rings. The highest BCUT2D eigenvalue weighted by Crippen LogP contribution is 2.19. The van der Waals surface area contributed by atoms with Gasteiger partial charge in [-0.25, -0.2) is 8.78 Å². The highest BCUT2D eigenvalue weighted by atomic mass is 79.9. The lowest BCUT2D eigenvalue weighted by molar-refractivity contribution is 0.506. The van der Waals surface area contributed by atoms with E-state index in [0.29, 0.717) is 18.5 Å². The van der Waals surface area contributed by atoms with Crippen molar-refractivity contribution in [3.63, 3.8) is 0 Å². The van der Waals surface area contributed by atoms with Crippen molar-refractivity contribution in [2.75, 3.05) is 6.54 Å². The summed E-state index contributed by atoms with van der Waals surface area (Å²) in [6, 6.07) is 11.7. The Bertz CT molecular complexity index is 569. The number of nitrogens with two attached hydrogens (primary N) is 1. The first kappa shape index (κ1) is 15.1. The van der Waals surface area contributed by atoms with E-state index in [-0.39, 0.29) is 5.92 Å². The standard InChI is InChI=1S/C16H16BrF2N/c17-14-4-1-11(2-5-14)7-12(10-20)8-13-3-6-15(18)9-16(13)19/h1-6,9,12H,7-8,10,20H2. The molecular formula is C16H16BrF2N. The van der Waals surface area contributed by atoms with Gasteiger partial charge in [0.2, 0.25) is 0 Å². The van der Waals surface area contributed by atoms with Gasteiger partial charge in [-0.15, -0.1) is 0 Å². The molecule has 0 bridgehead atoms. The lowest BCUT2D eigenvalue weighted by Gasteiger charge is -2.15. The number of benzene rings is 2. The highest BCUT2D eigenvalue weighted by molar-refractivity contribution is 9.10. The lowest BCUT2D eigenvalue weighted by Crippen LogP contribution is -2.20. The maximum Gasteiger partial charge on any atom is 0.129 e. The molecule has 1 unspecified atom stereocenters. The number of hydrogen-bond donors (Lipinski definition) is 1. The Morgan fingerprint density at radius 2 is 1.70 bits per heavy atom. The summed E-state index contributed by atoms with van der Waals surface area (Å²) in [5, 5.41) is 0. The second-order valence-corrected chi connectivity index (χ2v) is 5.79. The minimum atomic E-state index is -0.552. The van der Waals surface area contributed by atoms with E-state index in [0.717, 1.165) is 22.5 Å². The van der Waals surface area contributed by atoms with Crippen molar-refractivity contribution in [3.05, 3.63) is 69.7 Å². The minimum Gasteiger partial charge on any atom is -0.330 e. The summed E-state index contributed by atoms with van der Waals surface area (Å²) < 4.78 is 27.6. The molecule has 0 radical (unpaired) electrons. The molecule has 0 saturated carbocycles. The van der Waals surface area contributed by atoms with Gasteiger partial charge in [-0.2, -0.15) is 0 Å². The lowest BCUT2D eigenvalue weighted by atomic mass is 9.92. The largest absolute Gasteiger partial charge is 0.330 e. The Morgan fingerprint density at radius 3 is 2.30 bits per heavy atom. The molecule has 0 amide bonds. The molecule has 0 aromatic heterocycles. The molecule has 0 aliphatic heterocycles. The van der Waals surface area contributed by atoms with E-state index in [2.05, 4.69) is 15.9 Å². The van der Waals surface area contributed by atoms with E-state index in [9.17, 15) is 8.78 Å². The third-order valence-corrected chi connectivity index (χ3v) is 3.82. The number of rotatable bonds is 5. The van der Waals surface area contributed by atoms with Crippen LogP contribution < -0.4 is 5.73 Å². The van der Waals surface area contributed by atoms with E-state index in [1.54, 1.807) is 0 Å². The summed E-state index contributed by atoms with van der Waals surface area (Å²) >= 11 is 3.39. The average Bonchev–Trinajstić information content (AvgIpc) is 2.43. The molecule has 0 saturated heterocycles. The van der Waals surface area contributed by atoms with E-state index < -0.39 is 11.6 Å². The third kappa shape index (κ3) is 4.12. The summed E-state index contributed by atoms with van der Waals surface area (Å²) in [6.07, 6.45) is 1.29. The predicted molar refractivity (Wildman–Crippen MR) is 80.5 cm³/mol. The Morgan fingerprint density at radius 1 is 1.00 bits per heavy atom. The van der Waals surface area contributed by atoms with Gasteiger partial charge in [0.25, 0.3) is 0 Å². The smallest absolute Gasteiger partial charge is 0.129 e. The van der Waals surface area contributed by atoms with E-state index >= 15 is 0 Å². The van der Waals surface area contributed by atoms with Gasteiger partial charge < -0.3 is 5.73 Å². The summed E-state index contributed by atoms with van der Waals surface area (Å²) in [5.41, 5.74) is 7.44. The molecule has 20 heavy (non-hydrogen) atoms. The monoisotopic (exact) mass is 339 g/mol. The van der Waals surface area contributed by atoms with E-state index in [1.165, 1.54) is 12.1 Å². The Balaban J connectivity index is 2.07. The predicted octanol–water partition coefficient (Wildman–Crippen LogP) is 4.09. The number of halogens is 3. The van der Waals surface area contributed by atoms with Crippen LogP contribution in [0.1, 0.15) is 11.1 Å². The molecule has 1 nitrogen and oxygen atoms in total. The zero-order valence-electron chi connectivity index (χ0n) is 11.0. The zero-order valence-corrected chi connectivity index (χ0v) is 12.5. The summed E-state index contributed by atoms with van der Waals surface area (Å²) in [7, 11) is 0. The van der Waals surface area contributed by atoms with Crippen LogP contribution >= 0.6 is 15.9 Å². The fourth-order valence-corrected chi connectivity index (χ4v) is 2.46.